The highest BCUT2D eigenvalue weighted by molar-refractivity contribution is 7.90. The SMILES string of the molecule is C=CCn1/c(=N/S(=O)(=O)c2ccccc2)sc2ccccc21. The van der Waals surface area contributed by atoms with Gasteiger partial charge in [-0.15, -0.1) is 11.0 Å². The molecule has 0 aliphatic heterocycles. The van der Waals surface area contributed by atoms with E-state index in [0.29, 0.717) is 11.3 Å². The number of allylic oxidation sites excluding steroid dienone is 1. The first kappa shape index (κ1) is 14.7. The van der Waals surface area contributed by atoms with Gasteiger partial charge in [0.25, 0.3) is 10.0 Å². The number of fused-ring (bicyclic) bond motifs is 1. The van der Waals surface area contributed by atoms with Crippen molar-refractivity contribution in [1.29, 1.82) is 0 Å². The van der Waals surface area contributed by atoms with Gasteiger partial charge in [-0.1, -0.05) is 47.7 Å². The molecule has 0 atom stereocenters. The molecular formula is C16H14N2O2S2. The molecule has 0 saturated heterocycles. The van der Waals surface area contributed by atoms with E-state index in [1.54, 1.807) is 36.4 Å². The first-order valence-electron chi connectivity index (χ1n) is 6.67. The Morgan fingerprint density at radius 1 is 1.09 bits per heavy atom. The lowest BCUT2D eigenvalue weighted by Crippen LogP contribution is -2.16. The third-order valence-corrected chi connectivity index (χ3v) is 5.60. The lowest BCUT2D eigenvalue weighted by molar-refractivity contribution is 0.596. The molecule has 3 rings (SSSR count). The lowest BCUT2D eigenvalue weighted by Gasteiger charge is -2.01. The van der Waals surface area contributed by atoms with Crippen molar-refractivity contribution in [2.45, 2.75) is 11.4 Å². The largest absolute Gasteiger partial charge is 0.312 e. The molecule has 0 aliphatic rings. The first-order valence-corrected chi connectivity index (χ1v) is 8.93. The summed E-state index contributed by atoms with van der Waals surface area (Å²) in [6.07, 6.45) is 1.73. The van der Waals surface area contributed by atoms with E-state index in [1.807, 2.05) is 28.8 Å². The normalized spacial score (nSPS) is 12.6. The Hall–Kier alpha value is -2.18. The van der Waals surface area contributed by atoms with Crippen LogP contribution in [0.1, 0.15) is 0 Å². The molecule has 2 aromatic carbocycles. The molecule has 22 heavy (non-hydrogen) atoms. The van der Waals surface area contributed by atoms with Gasteiger partial charge in [-0.25, -0.2) is 0 Å². The number of hydrogen-bond acceptors (Lipinski definition) is 3. The number of hydrogen-bond donors (Lipinski definition) is 0. The maximum Gasteiger partial charge on any atom is 0.285 e. The van der Waals surface area contributed by atoms with E-state index < -0.39 is 10.0 Å². The van der Waals surface area contributed by atoms with Crippen molar-refractivity contribution in [3.8, 4) is 0 Å². The average Bonchev–Trinajstić information content (AvgIpc) is 2.86. The molecule has 0 radical (unpaired) electrons. The molecule has 1 aromatic heterocycles. The summed E-state index contributed by atoms with van der Waals surface area (Å²) in [5.41, 5.74) is 0.953. The quantitative estimate of drug-likeness (QED) is 0.690. The number of thiazole rings is 1. The van der Waals surface area contributed by atoms with Gasteiger partial charge in [-0.2, -0.15) is 8.42 Å². The van der Waals surface area contributed by atoms with Crippen LogP contribution in [0.5, 0.6) is 0 Å². The predicted octanol–water partition coefficient (Wildman–Crippen LogP) is 3.18. The smallest absolute Gasteiger partial charge is 0.285 e. The second kappa shape index (κ2) is 5.90. The summed E-state index contributed by atoms with van der Waals surface area (Å²) in [7, 11) is -3.72. The van der Waals surface area contributed by atoms with Crippen LogP contribution in [-0.2, 0) is 16.6 Å². The standard InChI is InChI=1S/C16H14N2O2S2/c1-2-12-18-14-10-6-7-11-15(14)21-16(18)17-22(19,20)13-8-4-3-5-9-13/h2-11H,1,12H2/b17-16-. The molecule has 6 heteroatoms. The van der Waals surface area contributed by atoms with E-state index in [9.17, 15) is 8.42 Å². The summed E-state index contributed by atoms with van der Waals surface area (Å²) in [4.78, 5) is 0.641. The third-order valence-electron chi connectivity index (χ3n) is 3.14. The molecule has 4 nitrogen and oxygen atoms in total. The van der Waals surface area contributed by atoms with Crippen molar-refractivity contribution in [1.82, 2.24) is 4.57 Å². The first-order chi connectivity index (χ1) is 10.6. The van der Waals surface area contributed by atoms with Crippen LogP contribution >= 0.6 is 11.3 Å². The summed E-state index contributed by atoms with van der Waals surface area (Å²) in [6.45, 7) is 4.24. The summed E-state index contributed by atoms with van der Waals surface area (Å²) in [6, 6.07) is 16.0. The summed E-state index contributed by atoms with van der Waals surface area (Å²) in [5, 5.41) is 0. The second-order valence-electron chi connectivity index (χ2n) is 4.63. The Labute approximate surface area is 132 Å². The molecule has 0 unspecified atom stereocenters. The van der Waals surface area contributed by atoms with E-state index in [0.717, 1.165) is 10.2 Å². The van der Waals surface area contributed by atoms with Crippen molar-refractivity contribution in [2.75, 3.05) is 0 Å². The number of sulfonamides is 1. The molecule has 0 bridgehead atoms. The zero-order chi connectivity index (χ0) is 15.6. The molecule has 0 N–H and O–H groups in total. The highest BCUT2D eigenvalue weighted by atomic mass is 32.2. The van der Waals surface area contributed by atoms with Crippen LogP contribution in [0.3, 0.4) is 0 Å². The fourth-order valence-electron chi connectivity index (χ4n) is 2.14. The van der Waals surface area contributed by atoms with Gasteiger partial charge in [-0.05, 0) is 24.3 Å². The highest BCUT2D eigenvalue weighted by Gasteiger charge is 2.13. The minimum Gasteiger partial charge on any atom is -0.312 e. The van der Waals surface area contributed by atoms with Crippen molar-refractivity contribution < 1.29 is 8.42 Å². The number of nitrogens with zero attached hydrogens (tertiary/aromatic N) is 2. The maximum absolute atomic E-state index is 12.4. The van der Waals surface area contributed by atoms with E-state index in [2.05, 4.69) is 11.0 Å². The van der Waals surface area contributed by atoms with Gasteiger partial charge in [0, 0.05) is 6.54 Å². The van der Waals surface area contributed by atoms with Gasteiger partial charge >= 0.3 is 0 Å². The van der Waals surface area contributed by atoms with E-state index in [-0.39, 0.29) is 4.90 Å². The number of rotatable bonds is 4. The van der Waals surface area contributed by atoms with Crippen LogP contribution in [0.25, 0.3) is 10.2 Å². The van der Waals surface area contributed by atoms with Crippen LogP contribution in [0.4, 0.5) is 0 Å². The van der Waals surface area contributed by atoms with Crippen LogP contribution in [0.2, 0.25) is 0 Å². The minimum absolute atomic E-state index is 0.192. The van der Waals surface area contributed by atoms with Gasteiger partial charge in [0.15, 0.2) is 0 Å². The summed E-state index contributed by atoms with van der Waals surface area (Å²) >= 11 is 1.35. The second-order valence-corrected chi connectivity index (χ2v) is 7.24. The molecule has 0 saturated carbocycles. The predicted molar refractivity (Wildman–Crippen MR) is 89.2 cm³/mol. The lowest BCUT2D eigenvalue weighted by atomic mass is 10.3. The Morgan fingerprint density at radius 2 is 1.77 bits per heavy atom. The number of aromatic nitrogens is 1. The zero-order valence-electron chi connectivity index (χ0n) is 11.7. The minimum atomic E-state index is -3.72. The Balaban J connectivity index is 2.25. The zero-order valence-corrected chi connectivity index (χ0v) is 13.3. The van der Waals surface area contributed by atoms with Crippen LogP contribution < -0.4 is 4.80 Å². The van der Waals surface area contributed by atoms with Crippen molar-refractivity contribution >= 4 is 31.6 Å². The van der Waals surface area contributed by atoms with Gasteiger partial charge in [0.05, 0.1) is 15.1 Å². The molecule has 1 heterocycles. The molecule has 0 amide bonds. The van der Waals surface area contributed by atoms with Crippen molar-refractivity contribution in [3.63, 3.8) is 0 Å². The van der Waals surface area contributed by atoms with Crippen LogP contribution in [0.15, 0.2) is 76.5 Å². The Kier molecular flexibility index (Phi) is 3.96. The molecule has 3 aromatic rings. The van der Waals surface area contributed by atoms with Gasteiger partial charge in [0.2, 0.25) is 4.80 Å². The van der Waals surface area contributed by atoms with E-state index in [1.165, 1.54) is 11.3 Å². The average molecular weight is 330 g/mol. The topological polar surface area (TPSA) is 51.4 Å². The monoisotopic (exact) mass is 330 g/mol. The van der Waals surface area contributed by atoms with Crippen molar-refractivity contribution in [2.24, 2.45) is 4.40 Å². The van der Waals surface area contributed by atoms with Crippen LogP contribution in [-0.4, -0.2) is 13.0 Å². The molecular weight excluding hydrogens is 316 g/mol. The molecule has 0 fully saturated rings. The highest BCUT2D eigenvalue weighted by Crippen LogP contribution is 2.18. The van der Waals surface area contributed by atoms with Gasteiger partial charge < -0.3 is 4.57 Å². The fourth-order valence-corrected chi connectivity index (χ4v) is 4.41. The van der Waals surface area contributed by atoms with E-state index >= 15 is 0 Å². The number of para-hydroxylation sites is 1. The molecule has 0 spiro atoms. The Bertz CT molecular complexity index is 984. The van der Waals surface area contributed by atoms with E-state index in [4.69, 9.17) is 0 Å². The van der Waals surface area contributed by atoms with Gasteiger partial charge in [-0.3, -0.25) is 0 Å². The van der Waals surface area contributed by atoms with Crippen LogP contribution in [0, 0.1) is 0 Å². The van der Waals surface area contributed by atoms with Gasteiger partial charge in [0.1, 0.15) is 0 Å². The van der Waals surface area contributed by atoms with Crippen molar-refractivity contribution in [3.05, 3.63) is 72.1 Å². The summed E-state index contributed by atoms with van der Waals surface area (Å²) < 4.78 is 31.7. The Morgan fingerprint density at radius 3 is 2.50 bits per heavy atom. The maximum atomic E-state index is 12.4. The number of benzene rings is 2. The molecule has 0 aliphatic carbocycles. The third kappa shape index (κ3) is 2.75. The summed E-state index contributed by atoms with van der Waals surface area (Å²) in [5.74, 6) is 0. The molecule has 112 valence electrons. The fraction of sp³-hybridized carbons (Fsp3) is 0.0625.